The zero-order valence-electron chi connectivity index (χ0n) is 16.2. The van der Waals surface area contributed by atoms with E-state index in [9.17, 15) is 4.79 Å². The molecule has 7 nitrogen and oxygen atoms in total. The van der Waals surface area contributed by atoms with E-state index in [1.54, 1.807) is 0 Å². The van der Waals surface area contributed by atoms with Crippen LogP contribution in [0.3, 0.4) is 0 Å². The maximum absolute atomic E-state index is 12.5. The van der Waals surface area contributed by atoms with Crippen molar-refractivity contribution < 1.29 is 14.3 Å². The monoisotopic (exact) mass is 390 g/mol. The van der Waals surface area contributed by atoms with Crippen LogP contribution < -0.4 is 10.1 Å². The normalized spacial score (nSPS) is 17.3. The van der Waals surface area contributed by atoms with Crippen LogP contribution in [0.1, 0.15) is 36.1 Å². The van der Waals surface area contributed by atoms with Crippen molar-refractivity contribution in [3.63, 3.8) is 0 Å². The molecule has 1 saturated heterocycles. The Balaban J connectivity index is 1.60. The van der Waals surface area contributed by atoms with Crippen LogP contribution in [-0.4, -0.2) is 53.3 Å². The van der Waals surface area contributed by atoms with Crippen LogP contribution in [-0.2, 0) is 9.53 Å². The van der Waals surface area contributed by atoms with E-state index in [0.29, 0.717) is 18.3 Å². The summed E-state index contributed by atoms with van der Waals surface area (Å²) in [6.45, 7) is 10.8. The van der Waals surface area contributed by atoms with Crippen LogP contribution in [0.15, 0.2) is 18.2 Å². The predicted octanol–water partition coefficient (Wildman–Crippen LogP) is 2.95. The predicted molar refractivity (Wildman–Crippen MR) is 105 cm³/mol. The molecule has 1 aliphatic heterocycles. The minimum atomic E-state index is -0.245. The molecule has 0 spiro atoms. The Morgan fingerprint density at radius 3 is 2.74 bits per heavy atom. The number of hydrogen-bond acceptors (Lipinski definition) is 7. The molecule has 0 radical (unpaired) electrons. The highest BCUT2D eigenvalue weighted by Gasteiger charge is 2.24. The Kier molecular flexibility index (Phi) is 6.41. The first-order valence-corrected chi connectivity index (χ1v) is 9.96. The van der Waals surface area contributed by atoms with Gasteiger partial charge in [0.1, 0.15) is 11.9 Å². The summed E-state index contributed by atoms with van der Waals surface area (Å²) in [7, 11) is 0. The van der Waals surface area contributed by atoms with Gasteiger partial charge in [0, 0.05) is 13.1 Å². The van der Waals surface area contributed by atoms with Gasteiger partial charge >= 0.3 is 0 Å². The first-order valence-electron chi connectivity index (χ1n) is 9.14. The van der Waals surface area contributed by atoms with E-state index in [-0.39, 0.29) is 18.1 Å². The number of benzene rings is 1. The van der Waals surface area contributed by atoms with Gasteiger partial charge in [-0.3, -0.25) is 15.0 Å². The number of aryl methyl sites for hydroxylation is 1. The third-order valence-electron chi connectivity index (χ3n) is 4.85. The van der Waals surface area contributed by atoms with Crippen LogP contribution in [0, 0.1) is 13.8 Å². The molecule has 1 fully saturated rings. The number of nitrogens with one attached hydrogen (secondary N) is 1. The Morgan fingerprint density at radius 1 is 1.26 bits per heavy atom. The molecular formula is C19H26N4O3S. The van der Waals surface area contributed by atoms with Crippen LogP contribution in [0.4, 0.5) is 5.13 Å². The quantitative estimate of drug-likeness (QED) is 0.817. The summed E-state index contributed by atoms with van der Waals surface area (Å²) in [5.74, 6) is 0.756. The molecule has 0 saturated carbocycles. The second-order valence-corrected chi connectivity index (χ2v) is 7.73. The van der Waals surface area contributed by atoms with Gasteiger partial charge in [0.25, 0.3) is 0 Å². The van der Waals surface area contributed by atoms with E-state index in [1.807, 2.05) is 32.9 Å². The summed E-state index contributed by atoms with van der Waals surface area (Å²) in [6.07, 6.45) is -0.245. The number of rotatable bonds is 6. The molecule has 2 aromatic rings. The Hall–Kier alpha value is -2.03. The van der Waals surface area contributed by atoms with Crippen molar-refractivity contribution in [1.82, 2.24) is 15.1 Å². The van der Waals surface area contributed by atoms with E-state index in [2.05, 4.69) is 33.4 Å². The molecular weight excluding hydrogens is 364 g/mol. The van der Waals surface area contributed by atoms with E-state index >= 15 is 0 Å². The number of anilines is 1. The third-order valence-corrected chi connectivity index (χ3v) is 5.85. The second-order valence-electron chi connectivity index (χ2n) is 6.72. The minimum Gasteiger partial charge on any atom is -0.483 e. The van der Waals surface area contributed by atoms with Crippen molar-refractivity contribution in [2.24, 2.45) is 0 Å². The number of hydrogen-bond donors (Lipinski definition) is 1. The number of morpholine rings is 1. The first-order chi connectivity index (χ1) is 13.0. The maximum Gasteiger partial charge on any atom is 0.243 e. The van der Waals surface area contributed by atoms with Gasteiger partial charge in [-0.15, -0.1) is 10.2 Å². The third kappa shape index (κ3) is 4.82. The van der Waals surface area contributed by atoms with Crippen molar-refractivity contribution >= 4 is 22.4 Å². The Labute approximate surface area is 163 Å². The van der Waals surface area contributed by atoms with Gasteiger partial charge in [-0.05, 0) is 44.9 Å². The molecule has 146 valence electrons. The molecule has 3 rings (SSSR count). The smallest absolute Gasteiger partial charge is 0.243 e. The summed E-state index contributed by atoms with van der Waals surface area (Å²) in [5, 5.41) is 12.4. The van der Waals surface area contributed by atoms with Gasteiger partial charge in [0.2, 0.25) is 11.0 Å². The molecule has 8 heteroatoms. The molecule has 27 heavy (non-hydrogen) atoms. The van der Waals surface area contributed by atoms with Crippen molar-refractivity contribution in [3.8, 4) is 5.75 Å². The van der Waals surface area contributed by atoms with Gasteiger partial charge < -0.3 is 9.47 Å². The summed E-state index contributed by atoms with van der Waals surface area (Å²) < 4.78 is 11.4. The average molecular weight is 391 g/mol. The van der Waals surface area contributed by atoms with Crippen LogP contribution in [0.25, 0.3) is 0 Å². The van der Waals surface area contributed by atoms with Gasteiger partial charge in [-0.25, -0.2) is 0 Å². The SMILES string of the molecule is Cc1cccc(O[C@H](C)c2nnc(NC(=O)[C@@H](C)N3CCOCC3)s2)c1C. The van der Waals surface area contributed by atoms with Crippen molar-refractivity contribution in [2.75, 3.05) is 31.6 Å². The number of ether oxygens (including phenoxy) is 2. The molecule has 0 unspecified atom stereocenters. The number of nitrogens with zero attached hydrogens (tertiary/aromatic N) is 3. The second kappa shape index (κ2) is 8.77. The lowest BCUT2D eigenvalue weighted by Crippen LogP contribution is -2.47. The minimum absolute atomic E-state index is 0.0808. The van der Waals surface area contributed by atoms with Crippen LogP contribution >= 0.6 is 11.3 Å². The van der Waals surface area contributed by atoms with Gasteiger partial charge in [0.05, 0.1) is 19.3 Å². The number of carbonyl (C=O) groups excluding carboxylic acids is 1. The van der Waals surface area contributed by atoms with Crippen LogP contribution in [0.5, 0.6) is 5.75 Å². The Bertz CT molecular complexity index is 789. The molecule has 2 heterocycles. The lowest BCUT2D eigenvalue weighted by atomic mass is 10.1. The van der Waals surface area contributed by atoms with Crippen molar-refractivity contribution in [1.29, 1.82) is 0 Å². The zero-order chi connectivity index (χ0) is 19.4. The lowest BCUT2D eigenvalue weighted by molar-refractivity contribution is -0.122. The molecule has 1 amide bonds. The number of aromatic nitrogens is 2. The fourth-order valence-electron chi connectivity index (χ4n) is 2.88. The molecule has 2 atom stereocenters. The van der Waals surface area contributed by atoms with Crippen molar-refractivity contribution in [2.45, 2.75) is 39.8 Å². The van der Waals surface area contributed by atoms with E-state index in [0.717, 1.165) is 29.4 Å². The largest absolute Gasteiger partial charge is 0.483 e. The fourth-order valence-corrected chi connectivity index (χ4v) is 3.61. The summed E-state index contributed by atoms with van der Waals surface area (Å²) in [6, 6.07) is 5.75. The zero-order valence-corrected chi connectivity index (χ0v) is 17.0. The maximum atomic E-state index is 12.5. The molecule has 1 aromatic heterocycles. The number of amides is 1. The average Bonchev–Trinajstić information content (AvgIpc) is 3.14. The van der Waals surface area contributed by atoms with Crippen molar-refractivity contribution in [3.05, 3.63) is 34.3 Å². The number of carbonyl (C=O) groups is 1. The Morgan fingerprint density at radius 2 is 2.00 bits per heavy atom. The standard InChI is InChI=1S/C19H26N4O3S/c1-12-6-5-7-16(13(12)2)26-15(4)18-21-22-19(27-18)20-17(24)14(3)23-8-10-25-11-9-23/h5-7,14-15H,8-11H2,1-4H3,(H,20,22,24)/t14-,15-/m1/s1. The van der Waals surface area contributed by atoms with E-state index in [1.165, 1.54) is 16.9 Å². The first kappa shape index (κ1) is 19.7. The summed E-state index contributed by atoms with van der Waals surface area (Å²) in [4.78, 5) is 14.6. The lowest BCUT2D eigenvalue weighted by Gasteiger charge is -2.31. The summed E-state index contributed by atoms with van der Waals surface area (Å²) in [5.41, 5.74) is 2.30. The molecule has 1 N–H and O–H groups in total. The highest BCUT2D eigenvalue weighted by atomic mass is 32.1. The van der Waals surface area contributed by atoms with E-state index in [4.69, 9.17) is 9.47 Å². The molecule has 1 aromatic carbocycles. The molecule has 1 aliphatic rings. The van der Waals surface area contributed by atoms with Crippen LogP contribution in [0.2, 0.25) is 0 Å². The fraction of sp³-hybridized carbons (Fsp3) is 0.526. The highest BCUT2D eigenvalue weighted by Crippen LogP contribution is 2.29. The van der Waals surface area contributed by atoms with E-state index < -0.39 is 0 Å². The topological polar surface area (TPSA) is 76.6 Å². The van der Waals surface area contributed by atoms with Gasteiger partial charge in [0.15, 0.2) is 5.01 Å². The molecule has 0 bridgehead atoms. The van der Waals surface area contributed by atoms with Gasteiger partial charge in [-0.2, -0.15) is 0 Å². The summed E-state index contributed by atoms with van der Waals surface area (Å²) >= 11 is 1.34. The molecule has 0 aliphatic carbocycles. The van der Waals surface area contributed by atoms with Gasteiger partial charge in [-0.1, -0.05) is 23.5 Å². The highest BCUT2D eigenvalue weighted by molar-refractivity contribution is 7.15.